The lowest BCUT2D eigenvalue weighted by Gasteiger charge is -1.88. The van der Waals surface area contributed by atoms with Crippen LogP contribution in [0.5, 0.6) is 0 Å². The fourth-order valence-corrected chi connectivity index (χ4v) is 1.39. The molecule has 0 spiro atoms. The molecule has 15 heavy (non-hydrogen) atoms. The number of fused-ring (bicyclic) bond motifs is 1. The Hall–Kier alpha value is -1.79. The molecule has 2 aromatic rings. The van der Waals surface area contributed by atoms with Gasteiger partial charge in [0.2, 0.25) is 0 Å². The highest BCUT2D eigenvalue weighted by Crippen LogP contribution is 2.13. The standard InChI is InChI=1S/C12H13N3/c1-13-9-5-4-8-12-10-6-2-3-7-11(10)14-15-12/h2-3,6-7,13H,5,9H2,1H3,(H,14,15). The van der Waals surface area contributed by atoms with E-state index in [4.69, 9.17) is 0 Å². The molecule has 0 fully saturated rings. The van der Waals surface area contributed by atoms with Crippen LogP contribution in [0.1, 0.15) is 12.1 Å². The maximum absolute atomic E-state index is 4.17. The molecule has 3 nitrogen and oxygen atoms in total. The van der Waals surface area contributed by atoms with E-state index < -0.39 is 0 Å². The van der Waals surface area contributed by atoms with Crippen LogP contribution < -0.4 is 5.32 Å². The first-order valence-corrected chi connectivity index (χ1v) is 4.98. The number of nitrogens with zero attached hydrogens (tertiary/aromatic N) is 1. The van der Waals surface area contributed by atoms with Gasteiger partial charge >= 0.3 is 0 Å². The van der Waals surface area contributed by atoms with Crippen LogP contribution in [0.2, 0.25) is 0 Å². The van der Waals surface area contributed by atoms with Gasteiger partial charge in [-0.3, -0.25) is 5.10 Å². The minimum atomic E-state index is 0.851. The van der Waals surface area contributed by atoms with Gasteiger partial charge in [-0.1, -0.05) is 18.1 Å². The summed E-state index contributed by atoms with van der Waals surface area (Å²) in [5, 5.41) is 11.3. The predicted molar refractivity (Wildman–Crippen MR) is 61.5 cm³/mol. The highest BCUT2D eigenvalue weighted by Gasteiger charge is 1.99. The Kier molecular flexibility index (Phi) is 3.01. The molecule has 1 aromatic carbocycles. The van der Waals surface area contributed by atoms with Crippen LogP contribution in [0.25, 0.3) is 10.9 Å². The monoisotopic (exact) mass is 199 g/mol. The third kappa shape index (κ3) is 2.17. The summed E-state index contributed by atoms with van der Waals surface area (Å²) in [5.74, 6) is 6.19. The number of hydrogen-bond donors (Lipinski definition) is 2. The maximum Gasteiger partial charge on any atom is 0.115 e. The van der Waals surface area contributed by atoms with Crippen molar-refractivity contribution >= 4 is 10.9 Å². The number of nitrogens with one attached hydrogen (secondary N) is 2. The van der Waals surface area contributed by atoms with E-state index in [2.05, 4.69) is 27.4 Å². The number of benzene rings is 1. The predicted octanol–water partition coefficient (Wildman–Crippen LogP) is 1.52. The zero-order chi connectivity index (χ0) is 10.5. The van der Waals surface area contributed by atoms with Crippen LogP contribution in [0, 0.1) is 11.8 Å². The number of para-hydroxylation sites is 1. The average Bonchev–Trinajstić information content (AvgIpc) is 2.68. The van der Waals surface area contributed by atoms with E-state index in [0.717, 1.165) is 29.6 Å². The van der Waals surface area contributed by atoms with E-state index in [1.54, 1.807) is 0 Å². The molecule has 0 aliphatic rings. The van der Waals surface area contributed by atoms with Gasteiger partial charge in [0.05, 0.1) is 5.52 Å². The minimum absolute atomic E-state index is 0.851. The number of aromatic nitrogens is 2. The van der Waals surface area contributed by atoms with Crippen molar-refractivity contribution in [3.05, 3.63) is 30.0 Å². The third-order valence-corrected chi connectivity index (χ3v) is 2.17. The first-order chi connectivity index (χ1) is 7.42. The Morgan fingerprint density at radius 3 is 3.13 bits per heavy atom. The molecule has 0 aliphatic carbocycles. The molecule has 76 valence electrons. The molecule has 2 rings (SSSR count). The van der Waals surface area contributed by atoms with Gasteiger partial charge < -0.3 is 5.32 Å². The van der Waals surface area contributed by atoms with Gasteiger partial charge in [-0.2, -0.15) is 5.10 Å². The minimum Gasteiger partial charge on any atom is -0.319 e. The van der Waals surface area contributed by atoms with Crippen LogP contribution in [0.3, 0.4) is 0 Å². The van der Waals surface area contributed by atoms with Crippen molar-refractivity contribution in [3.63, 3.8) is 0 Å². The van der Waals surface area contributed by atoms with Crippen LogP contribution >= 0.6 is 0 Å². The van der Waals surface area contributed by atoms with Crippen molar-refractivity contribution in [3.8, 4) is 11.8 Å². The topological polar surface area (TPSA) is 40.7 Å². The fraction of sp³-hybridized carbons (Fsp3) is 0.250. The molecule has 0 saturated heterocycles. The number of rotatable bonds is 2. The van der Waals surface area contributed by atoms with E-state index in [9.17, 15) is 0 Å². The molecular weight excluding hydrogens is 186 g/mol. The fourth-order valence-electron chi connectivity index (χ4n) is 1.39. The van der Waals surface area contributed by atoms with E-state index in [1.165, 1.54) is 0 Å². The van der Waals surface area contributed by atoms with Gasteiger partial charge in [-0.15, -0.1) is 0 Å². The van der Waals surface area contributed by atoms with Crippen molar-refractivity contribution in [2.75, 3.05) is 13.6 Å². The van der Waals surface area contributed by atoms with Gasteiger partial charge in [0.1, 0.15) is 5.69 Å². The molecule has 3 heteroatoms. The van der Waals surface area contributed by atoms with Crippen LogP contribution in [0.4, 0.5) is 0 Å². The molecule has 0 aliphatic heterocycles. The Bertz CT molecular complexity index is 502. The smallest absolute Gasteiger partial charge is 0.115 e. The summed E-state index contributed by atoms with van der Waals surface area (Å²) in [7, 11) is 1.92. The molecule has 0 saturated carbocycles. The third-order valence-electron chi connectivity index (χ3n) is 2.17. The van der Waals surface area contributed by atoms with Crippen molar-refractivity contribution in [1.82, 2.24) is 15.5 Å². The second-order valence-corrected chi connectivity index (χ2v) is 3.27. The highest BCUT2D eigenvalue weighted by atomic mass is 15.1. The lowest BCUT2D eigenvalue weighted by atomic mass is 10.2. The summed E-state index contributed by atoms with van der Waals surface area (Å²) in [4.78, 5) is 0. The largest absolute Gasteiger partial charge is 0.319 e. The number of aromatic amines is 1. The molecule has 0 radical (unpaired) electrons. The molecule has 2 N–H and O–H groups in total. The maximum atomic E-state index is 4.17. The number of hydrogen-bond acceptors (Lipinski definition) is 2. The summed E-state index contributed by atoms with van der Waals surface area (Å²) in [5.41, 5.74) is 1.87. The van der Waals surface area contributed by atoms with Crippen molar-refractivity contribution in [1.29, 1.82) is 0 Å². The molecular formula is C12H13N3. The Balaban J connectivity index is 2.23. The van der Waals surface area contributed by atoms with Gasteiger partial charge in [0, 0.05) is 18.4 Å². The van der Waals surface area contributed by atoms with Crippen molar-refractivity contribution in [2.24, 2.45) is 0 Å². The second-order valence-electron chi connectivity index (χ2n) is 3.27. The Morgan fingerprint density at radius 1 is 1.40 bits per heavy atom. The zero-order valence-corrected chi connectivity index (χ0v) is 8.67. The molecule has 1 aromatic heterocycles. The molecule has 0 bridgehead atoms. The summed E-state index contributed by atoms with van der Waals surface area (Å²) in [6, 6.07) is 7.98. The van der Waals surface area contributed by atoms with E-state index in [1.807, 2.05) is 31.3 Å². The summed E-state index contributed by atoms with van der Waals surface area (Å²) in [6.07, 6.45) is 0.851. The lowest BCUT2D eigenvalue weighted by molar-refractivity contribution is 0.818. The van der Waals surface area contributed by atoms with E-state index in [0.29, 0.717) is 0 Å². The Morgan fingerprint density at radius 2 is 2.27 bits per heavy atom. The quantitative estimate of drug-likeness (QED) is 0.568. The van der Waals surface area contributed by atoms with E-state index >= 15 is 0 Å². The summed E-state index contributed by atoms with van der Waals surface area (Å²) in [6.45, 7) is 0.916. The first kappa shape index (κ1) is 9.75. The van der Waals surface area contributed by atoms with Crippen LogP contribution in [0.15, 0.2) is 24.3 Å². The van der Waals surface area contributed by atoms with Gasteiger partial charge in [-0.25, -0.2) is 0 Å². The molecule has 0 unspecified atom stereocenters. The highest BCUT2D eigenvalue weighted by molar-refractivity contribution is 5.83. The van der Waals surface area contributed by atoms with E-state index in [-0.39, 0.29) is 0 Å². The molecule has 0 amide bonds. The second kappa shape index (κ2) is 4.63. The van der Waals surface area contributed by atoms with Gasteiger partial charge in [0.25, 0.3) is 0 Å². The summed E-state index contributed by atoms with van der Waals surface area (Å²) < 4.78 is 0. The van der Waals surface area contributed by atoms with Crippen molar-refractivity contribution < 1.29 is 0 Å². The lowest BCUT2D eigenvalue weighted by Crippen LogP contribution is -2.05. The van der Waals surface area contributed by atoms with Gasteiger partial charge in [-0.05, 0) is 25.1 Å². The van der Waals surface area contributed by atoms with Crippen LogP contribution in [-0.4, -0.2) is 23.8 Å². The summed E-state index contributed by atoms with van der Waals surface area (Å²) >= 11 is 0. The SMILES string of the molecule is CNCCC#Cc1[nH]nc2ccccc12. The first-order valence-electron chi connectivity index (χ1n) is 4.98. The average molecular weight is 199 g/mol. The van der Waals surface area contributed by atoms with Crippen molar-refractivity contribution in [2.45, 2.75) is 6.42 Å². The number of H-pyrrole nitrogens is 1. The van der Waals surface area contributed by atoms with Crippen LogP contribution in [-0.2, 0) is 0 Å². The normalized spacial score (nSPS) is 9.93. The molecule has 1 heterocycles. The molecule has 0 atom stereocenters. The Labute approximate surface area is 88.9 Å². The van der Waals surface area contributed by atoms with Gasteiger partial charge in [0.15, 0.2) is 0 Å². The zero-order valence-electron chi connectivity index (χ0n) is 8.67.